The standard InChI is InChI=1S/C13H19F2N3O4/c1-12(2,3)17-8-4-5-18(11(21)16-8)10-13(14,15)9(20)7(6-19)22-10/h4-5,7,9-10,19-20H,6H2,1-3H3,(H,16,17,21)/t7-,9?,10-/m1/s1. The molecule has 1 fully saturated rings. The van der Waals surface area contributed by atoms with Gasteiger partial charge in [0.15, 0.2) is 6.10 Å². The number of nitrogens with zero attached hydrogens (tertiary/aromatic N) is 2. The van der Waals surface area contributed by atoms with Crippen molar-refractivity contribution in [2.45, 2.75) is 50.7 Å². The molecule has 0 amide bonds. The third-order valence-electron chi connectivity index (χ3n) is 3.15. The van der Waals surface area contributed by atoms with Gasteiger partial charge < -0.3 is 20.3 Å². The van der Waals surface area contributed by atoms with E-state index in [0.29, 0.717) is 4.57 Å². The molecule has 1 saturated heterocycles. The van der Waals surface area contributed by atoms with E-state index in [2.05, 4.69) is 10.3 Å². The minimum atomic E-state index is -3.71. The summed E-state index contributed by atoms with van der Waals surface area (Å²) >= 11 is 0. The monoisotopic (exact) mass is 319 g/mol. The highest BCUT2D eigenvalue weighted by Gasteiger charge is 2.59. The Hall–Kier alpha value is -1.58. The Morgan fingerprint density at radius 2 is 2.14 bits per heavy atom. The van der Waals surface area contributed by atoms with Crippen molar-refractivity contribution in [1.82, 2.24) is 9.55 Å². The molecule has 0 aliphatic carbocycles. The minimum Gasteiger partial charge on any atom is -0.394 e. The first-order chi connectivity index (χ1) is 10.1. The van der Waals surface area contributed by atoms with Crippen LogP contribution in [0.5, 0.6) is 0 Å². The molecule has 0 spiro atoms. The molecule has 2 heterocycles. The summed E-state index contributed by atoms with van der Waals surface area (Å²) in [6, 6.07) is 1.37. The molecular formula is C13H19F2N3O4. The highest BCUT2D eigenvalue weighted by Crippen LogP contribution is 2.41. The topological polar surface area (TPSA) is 96.6 Å². The number of aliphatic hydroxyl groups excluding tert-OH is 2. The molecule has 1 aliphatic rings. The molecule has 0 aromatic carbocycles. The van der Waals surface area contributed by atoms with Crippen LogP contribution in [0.2, 0.25) is 0 Å². The quantitative estimate of drug-likeness (QED) is 0.743. The van der Waals surface area contributed by atoms with Crippen molar-refractivity contribution in [2.24, 2.45) is 0 Å². The summed E-state index contributed by atoms with van der Waals surface area (Å²) in [4.78, 5) is 15.6. The summed E-state index contributed by atoms with van der Waals surface area (Å²) in [5, 5.41) is 21.4. The number of hydrogen-bond acceptors (Lipinski definition) is 6. The summed E-state index contributed by atoms with van der Waals surface area (Å²) in [6.07, 6.45) is -4.54. The van der Waals surface area contributed by atoms with Gasteiger partial charge in [0.1, 0.15) is 11.9 Å². The van der Waals surface area contributed by atoms with Crippen LogP contribution in [0, 0.1) is 0 Å². The van der Waals surface area contributed by atoms with Gasteiger partial charge in [0.2, 0.25) is 6.23 Å². The van der Waals surface area contributed by atoms with Crippen LogP contribution < -0.4 is 11.0 Å². The van der Waals surface area contributed by atoms with E-state index in [4.69, 9.17) is 9.84 Å². The lowest BCUT2D eigenvalue weighted by atomic mass is 10.1. The van der Waals surface area contributed by atoms with Gasteiger partial charge in [0.25, 0.3) is 0 Å². The van der Waals surface area contributed by atoms with Crippen LogP contribution in [0.25, 0.3) is 0 Å². The van der Waals surface area contributed by atoms with Gasteiger partial charge in [-0.1, -0.05) is 0 Å². The molecule has 7 nitrogen and oxygen atoms in total. The Balaban J connectivity index is 2.32. The average Bonchev–Trinajstić information content (AvgIpc) is 2.60. The van der Waals surface area contributed by atoms with Gasteiger partial charge in [-0.2, -0.15) is 13.8 Å². The predicted molar refractivity (Wildman–Crippen MR) is 73.8 cm³/mol. The van der Waals surface area contributed by atoms with Crippen LogP contribution in [0.15, 0.2) is 17.1 Å². The lowest BCUT2D eigenvalue weighted by molar-refractivity contribution is -0.140. The smallest absolute Gasteiger partial charge is 0.351 e. The van der Waals surface area contributed by atoms with Crippen molar-refractivity contribution in [3.05, 3.63) is 22.7 Å². The zero-order valence-corrected chi connectivity index (χ0v) is 12.5. The van der Waals surface area contributed by atoms with E-state index in [1.807, 2.05) is 20.8 Å². The largest absolute Gasteiger partial charge is 0.394 e. The van der Waals surface area contributed by atoms with E-state index in [1.165, 1.54) is 6.07 Å². The number of anilines is 1. The Bertz CT molecular complexity index is 600. The lowest BCUT2D eigenvalue weighted by Gasteiger charge is -2.23. The Kier molecular flexibility index (Phi) is 4.24. The molecule has 1 aromatic heterocycles. The summed E-state index contributed by atoms with van der Waals surface area (Å²) in [5.74, 6) is -3.47. The normalized spacial score (nSPS) is 27.9. The van der Waals surface area contributed by atoms with E-state index in [1.54, 1.807) is 0 Å². The summed E-state index contributed by atoms with van der Waals surface area (Å²) in [5.41, 5.74) is -1.29. The number of aliphatic hydroxyl groups is 2. The first-order valence-corrected chi connectivity index (χ1v) is 6.76. The molecule has 0 saturated carbocycles. The van der Waals surface area contributed by atoms with Gasteiger partial charge in [-0.05, 0) is 26.8 Å². The fourth-order valence-electron chi connectivity index (χ4n) is 2.16. The van der Waals surface area contributed by atoms with Gasteiger partial charge in [0.05, 0.1) is 6.61 Å². The van der Waals surface area contributed by atoms with Crippen molar-refractivity contribution >= 4 is 5.82 Å². The van der Waals surface area contributed by atoms with Crippen molar-refractivity contribution < 1.29 is 23.7 Å². The van der Waals surface area contributed by atoms with Gasteiger partial charge in [-0.15, -0.1) is 0 Å². The van der Waals surface area contributed by atoms with Gasteiger partial charge >= 0.3 is 11.6 Å². The maximum atomic E-state index is 14.0. The fourth-order valence-corrected chi connectivity index (χ4v) is 2.16. The maximum absolute atomic E-state index is 14.0. The molecule has 3 atom stereocenters. The van der Waals surface area contributed by atoms with Crippen LogP contribution in [0.1, 0.15) is 27.0 Å². The highest BCUT2D eigenvalue weighted by molar-refractivity contribution is 5.34. The molecule has 1 unspecified atom stereocenters. The number of halogens is 2. The zero-order valence-electron chi connectivity index (χ0n) is 12.5. The van der Waals surface area contributed by atoms with E-state index < -0.39 is 36.7 Å². The van der Waals surface area contributed by atoms with Crippen LogP contribution in [-0.4, -0.2) is 50.0 Å². The van der Waals surface area contributed by atoms with Crippen LogP contribution in [0.4, 0.5) is 14.6 Å². The van der Waals surface area contributed by atoms with E-state index in [9.17, 15) is 18.7 Å². The number of alkyl halides is 2. The second-order valence-corrected chi connectivity index (χ2v) is 6.21. The molecule has 1 aromatic rings. The first kappa shape index (κ1) is 16.8. The van der Waals surface area contributed by atoms with Crippen molar-refractivity contribution in [1.29, 1.82) is 0 Å². The number of aromatic nitrogens is 2. The van der Waals surface area contributed by atoms with Gasteiger partial charge in [-0.3, -0.25) is 4.57 Å². The zero-order chi connectivity index (χ0) is 16.7. The second-order valence-electron chi connectivity index (χ2n) is 6.21. The summed E-state index contributed by atoms with van der Waals surface area (Å²) < 4.78 is 33.5. The van der Waals surface area contributed by atoms with Crippen molar-refractivity contribution in [3.8, 4) is 0 Å². The molecule has 0 radical (unpaired) electrons. The number of nitrogens with one attached hydrogen (secondary N) is 1. The molecule has 1 aliphatic heterocycles. The van der Waals surface area contributed by atoms with Crippen LogP contribution >= 0.6 is 0 Å². The predicted octanol–water partition coefficient (Wildman–Crippen LogP) is 0.340. The maximum Gasteiger partial charge on any atom is 0.351 e. The van der Waals surface area contributed by atoms with Crippen molar-refractivity contribution in [3.63, 3.8) is 0 Å². The van der Waals surface area contributed by atoms with Crippen LogP contribution in [-0.2, 0) is 4.74 Å². The third kappa shape index (κ3) is 3.11. The number of ether oxygens (including phenoxy) is 1. The molecule has 22 heavy (non-hydrogen) atoms. The molecule has 9 heteroatoms. The van der Waals surface area contributed by atoms with E-state index in [-0.39, 0.29) is 11.4 Å². The van der Waals surface area contributed by atoms with Crippen molar-refractivity contribution in [2.75, 3.05) is 11.9 Å². The second kappa shape index (κ2) is 5.56. The van der Waals surface area contributed by atoms with Gasteiger partial charge in [-0.25, -0.2) is 4.79 Å². The minimum absolute atomic E-state index is 0.245. The Morgan fingerprint density at radius 1 is 1.50 bits per heavy atom. The Morgan fingerprint density at radius 3 is 2.59 bits per heavy atom. The number of rotatable bonds is 3. The fraction of sp³-hybridized carbons (Fsp3) is 0.692. The first-order valence-electron chi connectivity index (χ1n) is 6.76. The molecule has 3 N–H and O–H groups in total. The van der Waals surface area contributed by atoms with Gasteiger partial charge in [0, 0.05) is 11.7 Å². The highest BCUT2D eigenvalue weighted by atomic mass is 19.3. The molecule has 2 rings (SSSR count). The number of hydrogen-bond donors (Lipinski definition) is 3. The SMILES string of the molecule is CC(C)(C)Nc1ccn([C@@H]2O[C@H](CO)C(O)C2(F)F)c(=O)n1. The van der Waals surface area contributed by atoms with E-state index >= 15 is 0 Å². The average molecular weight is 319 g/mol. The van der Waals surface area contributed by atoms with E-state index in [0.717, 1.165) is 6.20 Å². The third-order valence-corrected chi connectivity index (χ3v) is 3.15. The summed E-state index contributed by atoms with van der Waals surface area (Å²) in [6.45, 7) is 4.79. The lowest BCUT2D eigenvalue weighted by Crippen LogP contribution is -2.42. The Labute approximate surface area is 125 Å². The molecule has 0 bridgehead atoms. The molecule has 124 valence electrons. The van der Waals surface area contributed by atoms with Crippen LogP contribution in [0.3, 0.4) is 0 Å². The molecular weight excluding hydrogens is 300 g/mol. The summed E-state index contributed by atoms with van der Waals surface area (Å²) in [7, 11) is 0.